The Labute approximate surface area is 881 Å². The van der Waals surface area contributed by atoms with Gasteiger partial charge in [0.05, 0.1) is 63.7 Å². The Morgan fingerprint density at radius 1 is 0.476 bits per heavy atom. The monoisotopic (exact) mass is 1900 g/mol. The predicted octanol–water partition coefficient (Wildman–Crippen LogP) is -12.9. The van der Waals surface area contributed by atoms with Crippen molar-refractivity contribution in [3.63, 3.8) is 0 Å². The van der Waals surface area contributed by atoms with Gasteiger partial charge in [-0.25, -0.2) is 43.7 Å². The van der Waals surface area contributed by atoms with Gasteiger partial charge in [0.2, 0.25) is 0 Å². The number of carboxylic acid groups (broad SMARTS) is 1. The zero-order chi connectivity index (χ0) is 105. The number of carboxylic acids is 1. The van der Waals surface area contributed by atoms with E-state index in [1.165, 1.54) is 79.9 Å². The van der Waals surface area contributed by atoms with E-state index in [1.807, 2.05) is 0 Å². The first-order valence-electron chi connectivity index (χ1n) is 43.1. The number of nitrogens with one attached hydrogen (secondary N) is 6. The third-order valence-corrected chi connectivity index (χ3v) is 25.6. The molecular formula is C66H61B45BrN12O19. The third-order valence-electron chi connectivity index (χ3n) is 25.0. The van der Waals surface area contributed by atoms with Gasteiger partial charge in [0.25, 0.3) is 35.4 Å². The minimum Gasteiger partial charge on any atom is -0.497 e. The maximum Gasteiger partial charge on any atom is 0.363 e. The van der Waals surface area contributed by atoms with Crippen LogP contribution in [0.5, 0.6) is 17.2 Å². The number of nitrogens with zero attached hydrogens (tertiary/aromatic N) is 6. The summed E-state index contributed by atoms with van der Waals surface area (Å²) in [6.07, 6.45) is -14.4. The summed E-state index contributed by atoms with van der Waals surface area (Å²) >= 11 is 3.05. The number of halogens is 1. The van der Waals surface area contributed by atoms with Crippen molar-refractivity contribution in [2.75, 3.05) is 48.1 Å². The van der Waals surface area contributed by atoms with Gasteiger partial charge in [0.15, 0.2) is 33.9 Å². The van der Waals surface area contributed by atoms with Gasteiger partial charge in [-0.2, -0.15) is 0 Å². The van der Waals surface area contributed by atoms with Gasteiger partial charge >= 0.3 is 36.0 Å². The summed E-state index contributed by atoms with van der Waals surface area (Å²) in [6, 6.07) is 22.7. The smallest absolute Gasteiger partial charge is 0.363 e. The molecule has 641 valence electrons. The summed E-state index contributed by atoms with van der Waals surface area (Å²) in [7, 11) is 153. The fraction of sp³-hybridized carbons (Fsp3) is 0.242. The number of benzene rings is 3. The van der Waals surface area contributed by atoms with Crippen LogP contribution < -0.4 is 46.1 Å². The molecule has 3 atom stereocenters. The lowest BCUT2D eigenvalue weighted by Gasteiger charge is -2.56. The van der Waals surface area contributed by atoms with E-state index in [0.717, 1.165) is 23.8 Å². The van der Waals surface area contributed by atoms with Crippen LogP contribution in [0.2, 0.25) is 0 Å². The molecule has 7 N–H and O–H groups in total. The number of imide groups is 3. The number of aromatic carboxylic acids is 1. The number of pyridine rings is 3. The number of urea groups is 3. The van der Waals surface area contributed by atoms with Crippen LogP contribution in [0.4, 0.5) is 14.4 Å². The molecular weight excluding hydrogens is 1830 g/mol. The number of carbonyl (C=O) groups excluding carboxylic acids is 12. The van der Waals surface area contributed by atoms with Gasteiger partial charge in [-0.05, 0) is 111 Å². The van der Waals surface area contributed by atoms with Gasteiger partial charge in [-0.15, -0.1) is 6.42 Å². The van der Waals surface area contributed by atoms with E-state index in [4.69, 9.17) is 208 Å². The molecule has 10 heterocycles. The number of cyclic esters (lactones) is 1. The minimum atomic E-state index is -1.72. The van der Waals surface area contributed by atoms with Crippen molar-refractivity contribution in [3.05, 3.63) is 182 Å². The van der Waals surface area contributed by atoms with Crippen molar-refractivity contribution in [2.45, 2.75) is 57.5 Å². The molecule has 0 aliphatic carbocycles. The Hall–Kier alpha value is -9.48. The average Bonchev–Trinajstić information content (AvgIpc) is 1.76. The first-order chi connectivity index (χ1) is 66.4. The van der Waals surface area contributed by atoms with E-state index in [0.29, 0.717) is 50.5 Å². The van der Waals surface area contributed by atoms with Crippen molar-refractivity contribution in [2.24, 2.45) is 0 Å². The van der Waals surface area contributed by atoms with Crippen molar-refractivity contribution in [1.82, 2.24) is 61.6 Å². The second-order valence-corrected chi connectivity index (χ2v) is 35.0. The van der Waals surface area contributed by atoms with E-state index in [9.17, 15) is 62.3 Å². The molecule has 7 aliphatic heterocycles. The number of aromatic nitrogens is 3. The topological polar surface area (TPSA) is 409 Å². The lowest BCUT2D eigenvalue weighted by atomic mass is 8.26. The zero-order valence-electron chi connectivity index (χ0n) is 76.8. The minimum absolute atomic E-state index is 0. The fourth-order valence-electron chi connectivity index (χ4n) is 18.6. The molecule has 13 rings (SSSR count). The maximum atomic E-state index is 13.2. The summed E-state index contributed by atoms with van der Waals surface area (Å²) in [5.41, 5.74) is -0.847. The highest BCUT2D eigenvalue weighted by atomic mass is 79.9. The molecule has 0 unspecified atom stereocenters. The van der Waals surface area contributed by atoms with Crippen LogP contribution in [0.25, 0.3) is 5.76 Å². The number of rotatable bonds is 36. The van der Waals surface area contributed by atoms with Crippen LogP contribution in [0, 0.1) is 12.3 Å². The van der Waals surface area contributed by atoms with Crippen LogP contribution in [0.3, 0.4) is 0 Å². The van der Waals surface area contributed by atoms with Crippen molar-refractivity contribution in [3.8, 4) is 29.6 Å². The fourth-order valence-corrected chi connectivity index (χ4v) is 19.0. The van der Waals surface area contributed by atoms with Gasteiger partial charge in [0.1, 0.15) is 28.5 Å². The number of esters is 2. The van der Waals surface area contributed by atoms with Crippen LogP contribution in [0.15, 0.2) is 120 Å². The largest absolute Gasteiger partial charge is 0.497 e. The summed E-state index contributed by atoms with van der Waals surface area (Å²) in [5, 5.41) is 22.4. The standard InChI is InChI=1S/C22H20N4O7.C21H16N4O6.C15H13N3O4.C6H4BrNO2.2CH4.B45/c1-32-13-6-5-12-10-26(18(28)15(12)8-13)11-22(20(30)24-21(31)25-22)9-16(27)14-4-3-7-23-17(14)19(29)33-2;1-30-12-5-4-11-9-25(17(26)14(11)7-12)10-21(19(28)23-20(29)24-21)8-15-13-3-2-6-22-16(13)18(27)31-15;1-3-15(13(20)16-14(21)17-15)8-18-7-9-4-5-10(22-2)6-11(9)12(18)19;7-4-2-1-3-8-5(4)6(9)10;;;1-24-36(25(2)3)42(37(26(4)5)27(6)7)45(43(38(28(8)9)29(10)11)39(30(12)13)31(14)15)44(40(32(16)17)33(18)19)41(34(20)21)35(22)23/h3-8H,9-11H2,1-2H3,(H2,24,25,30,31);2-8H,9-10H2,1H3,(H2,23,24,28,29);1,4-6H,7-8H2,2H3,(H2,16,17,20,21);1-3H,(H,9,10);2*1H4;/b;15-8+;;;;;/t22-;21-;15-;;;;/m111..../s1. The molecule has 47 radical (unpaired) electrons. The van der Waals surface area contributed by atoms with Gasteiger partial charge in [-0.3, -0.25) is 49.5 Å². The van der Waals surface area contributed by atoms with E-state index < -0.39 is 217 Å². The Morgan fingerprint density at radius 3 is 1.21 bits per heavy atom. The van der Waals surface area contributed by atoms with Crippen molar-refractivity contribution < 1.29 is 91.1 Å². The van der Waals surface area contributed by atoms with E-state index in [1.54, 1.807) is 78.9 Å². The molecule has 77 heteroatoms. The van der Waals surface area contributed by atoms with Gasteiger partial charge in [-0.1, -0.05) is 39.0 Å². The van der Waals surface area contributed by atoms with Crippen LogP contribution in [0.1, 0.15) is 116 Å². The average molecular weight is 1890 g/mol. The number of amides is 12. The molecule has 3 saturated heterocycles. The second-order valence-electron chi connectivity index (χ2n) is 34.1. The maximum absolute atomic E-state index is 13.2. The van der Waals surface area contributed by atoms with Crippen LogP contribution in [-0.4, -0.2) is 496 Å². The van der Waals surface area contributed by atoms with Gasteiger partial charge in [0, 0.05) is 380 Å². The number of ether oxygens (including phenoxy) is 5. The van der Waals surface area contributed by atoms with Gasteiger partial charge < -0.3 is 59.4 Å². The lowest BCUT2D eigenvalue weighted by Crippen LogP contribution is -2.94. The lowest BCUT2D eigenvalue weighted by molar-refractivity contribution is -0.124. The Morgan fingerprint density at radius 2 is 0.853 bits per heavy atom. The molecule has 3 aromatic carbocycles. The SMILES string of the molecule is C.C.C#C[C@]1(CN2Cc3ccc(OC)cc3C2=O)NC(=O)NC1=O.COC(=O)c1ncccc1C(=O)C[C@]1(CN2Cc3ccc(OC)cc3C2=O)NC(=O)NC1=O.COc1ccc2c(c1)C(=O)N(C[C@@]1(/C=C3/OC(=O)c4ncccc43)NC(=O)NC1=O)C2.O=C(O)c1ncccc1Br.[B][B]B(B([B])[B])B(B(B([B])[B])B([B])[B])B(B(B(B([B])[B])B([B])[B])B(B([B])[B])B([B])[B])B(B(B([B])[B])B([B])[B])B(B([B])[B])B([B])[B]. The van der Waals surface area contributed by atoms with Crippen molar-refractivity contribution >= 4 is 418 Å². The zero-order valence-corrected chi connectivity index (χ0v) is 78.4. The van der Waals surface area contributed by atoms with Crippen LogP contribution in [-0.2, 0) is 43.5 Å². The molecule has 0 bridgehead atoms. The quantitative estimate of drug-likeness (QED) is 0.00631. The first-order valence-corrected chi connectivity index (χ1v) is 43.9. The Bertz CT molecular complexity index is 5670. The summed E-state index contributed by atoms with van der Waals surface area (Å²) < 4.78 is 25.9. The highest BCUT2D eigenvalue weighted by Crippen LogP contribution is 2.37. The van der Waals surface area contributed by atoms with E-state index >= 15 is 0 Å². The number of Topliss-reactive ketones (excluding diaryl/α,β-unsaturated/α-hetero) is 1. The normalized spacial score (nSPS) is 16.6. The number of methoxy groups -OCH3 is 4. The highest BCUT2D eigenvalue weighted by Gasteiger charge is 2.60. The molecule has 6 aromatic rings. The molecule has 3 fully saturated rings. The molecule has 143 heavy (non-hydrogen) atoms. The predicted molar refractivity (Wildman–Crippen MR) is 604 cm³/mol. The summed E-state index contributed by atoms with van der Waals surface area (Å²) in [5.74, 6) is -2.03. The summed E-state index contributed by atoms with van der Waals surface area (Å²) in [4.78, 5) is 175. The third kappa shape index (κ3) is 27.7. The number of ketones is 1. The molecule has 7 aliphatic rings. The molecule has 0 saturated carbocycles. The molecule has 31 nitrogen and oxygen atoms in total. The highest BCUT2D eigenvalue weighted by molar-refractivity contribution is 9.10. The molecule has 12 amide bonds. The number of carbonyl (C=O) groups is 13. The van der Waals surface area contributed by atoms with E-state index in [-0.39, 0.29) is 93.7 Å². The second kappa shape index (κ2) is 52.2. The number of fused-ring (bicyclic) bond motifs is 4. The first kappa shape index (κ1) is 120. The summed E-state index contributed by atoms with van der Waals surface area (Å²) in [6.45, 7) is 0.278. The van der Waals surface area contributed by atoms with Crippen molar-refractivity contribution in [1.29, 1.82) is 0 Å². The Kier molecular flexibility index (Phi) is 44.0. The van der Waals surface area contributed by atoms with Crippen LogP contribution >= 0.6 is 15.9 Å². The number of hydrogen-bond donors (Lipinski definition) is 7. The number of hydrogen-bond acceptors (Lipinski definition) is 21. The number of terminal acetylenes is 1. The van der Waals surface area contributed by atoms with E-state index in [2.05, 4.69) is 73.4 Å². The molecule has 0 spiro atoms. The Balaban J connectivity index is 0.000000254. The molecule has 3 aromatic heterocycles.